The highest BCUT2D eigenvalue weighted by molar-refractivity contribution is 6.32. The number of rotatable bonds is 4. The maximum absolute atomic E-state index is 12.4. The van der Waals surface area contributed by atoms with Crippen LogP contribution in [-0.4, -0.2) is 18.6 Å². The van der Waals surface area contributed by atoms with Crippen molar-refractivity contribution >= 4 is 23.2 Å². The summed E-state index contributed by atoms with van der Waals surface area (Å²) in [4.78, 5) is 12.4. The third-order valence-electron chi connectivity index (χ3n) is 4.04. The first-order chi connectivity index (χ1) is 9.47. The second-order valence-corrected chi connectivity index (χ2v) is 5.86. The zero-order chi connectivity index (χ0) is 14.8. The van der Waals surface area contributed by atoms with Crippen LogP contribution in [0.2, 0.25) is 5.02 Å². The molecule has 2 atom stereocenters. The predicted octanol–water partition coefficient (Wildman–Crippen LogP) is 3.19. The molecule has 1 amide bonds. The Hall–Kier alpha value is -1.26. The minimum absolute atomic E-state index is 0.0391. The van der Waals surface area contributed by atoms with Gasteiger partial charge in [-0.15, -0.1) is 0 Å². The minimum Gasteiger partial charge on any atom is -0.492 e. The van der Waals surface area contributed by atoms with E-state index in [1.807, 2.05) is 13.8 Å². The van der Waals surface area contributed by atoms with Gasteiger partial charge in [0, 0.05) is 11.7 Å². The van der Waals surface area contributed by atoms with Gasteiger partial charge in [0.25, 0.3) is 0 Å². The lowest BCUT2D eigenvalue weighted by Crippen LogP contribution is -2.44. The Morgan fingerprint density at radius 3 is 2.90 bits per heavy atom. The van der Waals surface area contributed by atoms with E-state index in [4.69, 9.17) is 22.1 Å². The molecule has 5 heteroatoms. The van der Waals surface area contributed by atoms with E-state index in [1.165, 1.54) is 0 Å². The van der Waals surface area contributed by atoms with Gasteiger partial charge < -0.3 is 15.8 Å². The normalized spacial score (nSPS) is 25.5. The maximum Gasteiger partial charge on any atom is 0.231 e. The van der Waals surface area contributed by atoms with E-state index >= 15 is 0 Å². The Balaban J connectivity index is 2.10. The van der Waals surface area contributed by atoms with Gasteiger partial charge in [0.15, 0.2) is 0 Å². The van der Waals surface area contributed by atoms with Crippen LogP contribution in [0.4, 0.5) is 5.69 Å². The van der Waals surface area contributed by atoms with E-state index in [-0.39, 0.29) is 11.9 Å². The Morgan fingerprint density at radius 2 is 2.35 bits per heavy atom. The van der Waals surface area contributed by atoms with Gasteiger partial charge in [-0.2, -0.15) is 0 Å². The highest BCUT2D eigenvalue weighted by Gasteiger charge is 2.42. The summed E-state index contributed by atoms with van der Waals surface area (Å²) in [6.07, 6.45) is 2.72. The van der Waals surface area contributed by atoms with Crippen molar-refractivity contribution in [1.29, 1.82) is 0 Å². The molecule has 0 bridgehead atoms. The summed E-state index contributed by atoms with van der Waals surface area (Å²) >= 11 is 6.11. The van der Waals surface area contributed by atoms with E-state index in [0.29, 0.717) is 23.1 Å². The highest BCUT2D eigenvalue weighted by atomic mass is 35.5. The summed E-state index contributed by atoms with van der Waals surface area (Å²) in [5.41, 5.74) is 6.23. The second kappa shape index (κ2) is 6.02. The maximum atomic E-state index is 12.4. The second-order valence-electron chi connectivity index (χ2n) is 5.45. The van der Waals surface area contributed by atoms with Crippen LogP contribution in [0.25, 0.3) is 0 Å². The number of hydrogen-bond acceptors (Lipinski definition) is 3. The summed E-state index contributed by atoms with van der Waals surface area (Å²) in [7, 11) is 0. The van der Waals surface area contributed by atoms with Crippen molar-refractivity contribution in [3.63, 3.8) is 0 Å². The molecule has 0 spiro atoms. The molecule has 1 aromatic rings. The first kappa shape index (κ1) is 15.1. The Kier molecular flexibility index (Phi) is 4.55. The van der Waals surface area contributed by atoms with Gasteiger partial charge in [-0.05, 0) is 44.9 Å². The molecule has 0 aromatic heterocycles. The number of carbonyl (C=O) groups is 1. The lowest BCUT2D eigenvalue weighted by atomic mass is 9.84. The first-order valence-electron chi connectivity index (χ1n) is 6.96. The number of amides is 1. The lowest BCUT2D eigenvalue weighted by molar-refractivity contribution is -0.125. The number of nitrogens with two attached hydrogens (primary N) is 1. The molecule has 1 aliphatic carbocycles. The largest absolute Gasteiger partial charge is 0.492 e. The fourth-order valence-electron chi connectivity index (χ4n) is 2.60. The average Bonchev–Trinajstić information content (AvgIpc) is 2.74. The van der Waals surface area contributed by atoms with Crippen molar-refractivity contribution in [2.24, 2.45) is 11.1 Å². The molecule has 0 radical (unpaired) electrons. The number of hydrogen-bond donors (Lipinski definition) is 2. The van der Waals surface area contributed by atoms with Crippen LogP contribution in [-0.2, 0) is 4.79 Å². The molecule has 1 aromatic carbocycles. The van der Waals surface area contributed by atoms with Crippen LogP contribution in [0, 0.1) is 5.41 Å². The molecular formula is C15H21ClN2O2. The van der Waals surface area contributed by atoms with Gasteiger partial charge in [0.2, 0.25) is 5.91 Å². The van der Waals surface area contributed by atoms with Crippen LogP contribution in [0.3, 0.4) is 0 Å². The van der Waals surface area contributed by atoms with Crippen molar-refractivity contribution in [3.05, 3.63) is 23.2 Å². The van der Waals surface area contributed by atoms with Crippen molar-refractivity contribution < 1.29 is 9.53 Å². The molecular weight excluding hydrogens is 276 g/mol. The van der Waals surface area contributed by atoms with Gasteiger partial charge in [-0.3, -0.25) is 4.79 Å². The summed E-state index contributed by atoms with van der Waals surface area (Å²) in [5, 5.41) is 3.40. The lowest BCUT2D eigenvalue weighted by Gasteiger charge is -2.27. The SMILES string of the molecule is CCOc1ccc(NC(=O)C2(C)CCCC2N)cc1Cl. The van der Waals surface area contributed by atoms with Crippen LogP contribution >= 0.6 is 11.6 Å². The summed E-state index contributed by atoms with van der Waals surface area (Å²) < 4.78 is 5.37. The topological polar surface area (TPSA) is 64.3 Å². The van der Waals surface area contributed by atoms with Crippen LogP contribution < -0.4 is 15.8 Å². The van der Waals surface area contributed by atoms with Crippen molar-refractivity contribution in [2.75, 3.05) is 11.9 Å². The van der Waals surface area contributed by atoms with Crippen LogP contribution in [0.5, 0.6) is 5.75 Å². The number of carbonyl (C=O) groups excluding carboxylic acids is 1. The third-order valence-corrected chi connectivity index (χ3v) is 4.33. The molecule has 4 nitrogen and oxygen atoms in total. The molecule has 20 heavy (non-hydrogen) atoms. The molecule has 1 fully saturated rings. The number of nitrogens with one attached hydrogen (secondary N) is 1. The number of anilines is 1. The van der Waals surface area contributed by atoms with E-state index in [0.717, 1.165) is 19.3 Å². The quantitative estimate of drug-likeness (QED) is 0.897. The molecule has 0 saturated heterocycles. The molecule has 2 rings (SSSR count). The van der Waals surface area contributed by atoms with Gasteiger partial charge in [0.1, 0.15) is 5.75 Å². The Labute approximate surface area is 124 Å². The van der Waals surface area contributed by atoms with Crippen LogP contribution in [0.1, 0.15) is 33.1 Å². The van der Waals surface area contributed by atoms with Crippen LogP contribution in [0.15, 0.2) is 18.2 Å². The van der Waals surface area contributed by atoms with E-state index < -0.39 is 5.41 Å². The zero-order valence-electron chi connectivity index (χ0n) is 11.9. The average molecular weight is 297 g/mol. The standard InChI is InChI=1S/C15H21ClN2O2/c1-3-20-12-7-6-10(9-11(12)16)18-14(19)15(2)8-4-5-13(15)17/h6-7,9,13H,3-5,8,17H2,1-2H3,(H,18,19). The fourth-order valence-corrected chi connectivity index (χ4v) is 2.84. The van der Waals surface area contributed by atoms with Crippen molar-refractivity contribution in [2.45, 2.75) is 39.2 Å². The zero-order valence-corrected chi connectivity index (χ0v) is 12.7. The molecule has 110 valence electrons. The third kappa shape index (κ3) is 2.91. The molecule has 0 aliphatic heterocycles. The van der Waals surface area contributed by atoms with Crippen molar-refractivity contribution in [3.8, 4) is 5.75 Å². The van der Waals surface area contributed by atoms with Crippen molar-refractivity contribution in [1.82, 2.24) is 0 Å². The minimum atomic E-state index is -0.495. The summed E-state index contributed by atoms with van der Waals surface area (Å²) in [5.74, 6) is 0.582. The molecule has 2 unspecified atom stereocenters. The monoisotopic (exact) mass is 296 g/mol. The number of halogens is 1. The van der Waals surface area contributed by atoms with E-state index in [9.17, 15) is 4.79 Å². The van der Waals surface area contributed by atoms with E-state index in [1.54, 1.807) is 18.2 Å². The smallest absolute Gasteiger partial charge is 0.231 e. The van der Waals surface area contributed by atoms with Gasteiger partial charge in [-0.1, -0.05) is 18.0 Å². The molecule has 0 heterocycles. The molecule has 1 saturated carbocycles. The first-order valence-corrected chi connectivity index (χ1v) is 7.34. The summed E-state index contributed by atoms with van der Waals surface area (Å²) in [6, 6.07) is 5.17. The predicted molar refractivity (Wildman–Crippen MR) is 81.2 cm³/mol. The molecule has 3 N–H and O–H groups in total. The Bertz CT molecular complexity index is 507. The summed E-state index contributed by atoms with van der Waals surface area (Å²) in [6.45, 7) is 4.38. The number of benzene rings is 1. The van der Waals surface area contributed by atoms with Gasteiger partial charge in [0.05, 0.1) is 17.0 Å². The number of ether oxygens (including phenoxy) is 1. The van der Waals surface area contributed by atoms with Gasteiger partial charge >= 0.3 is 0 Å². The highest BCUT2D eigenvalue weighted by Crippen LogP contribution is 2.38. The Morgan fingerprint density at radius 1 is 1.60 bits per heavy atom. The van der Waals surface area contributed by atoms with E-state index in [2.05, 4.69) is 5.32 Å². The molecule has 1 aliphatic rings. The van der Waals surface area contributed by atoms with Gasteiger partial charge in [-0.25, -0.2) is 0 Å². The fraction of sp³-hybridized carbons (Fsp3) is 0.533.